The number of likely N-dealkylation sites (tertiary alicyclic amines) is 1. The number of nitrogens with one attached hydrogen (secondary N) is 2. The molecule has 1 aromatic rings. The molecule has 0 aromatic carbocycles. The van der Waals surface area contributed by atoms with E-state index in [4.69, 9.17) is 9.26 Å². The molecular formula is C15H26N6O3. The Morgan fingerprint density at radius 3 is 2.71 bits per heavy atom. The van der Waals surface area contributed by atoms with Crippen LogP contribution in [0.3, 0.4) is 0 Å². The Labute approximate surface area is 141 Å². The molecule has 0 aliphatic carbocycles. The predicted octanol–water partition coefficient (Wildman–Crippen LogP) is 0.705. The van der Waals surface area contributed by atoms with Crippen LogP contribution >= 0.6 is 0 Å². The fourth-order valence-electron chi connectivity index (χ4n) is 2.16. The monoisotopic (exact) mass is 338 g/mol. The third kappa shape index (κ3) is 5.39. The van der Waals surface area contributed by atoms with E-state index in [1.807, 2.05) is 20.8 Å². The standard InChI is InChI=1S/C15H26N6O3/c1-10-18-12(24-20-10)6-7-17-13(16-5)19-11-8-21(9-11)14(22)23-15(2,3)4/h11H,6-9H2,1-5H3,(H2,16,17,19). The van der Waals surface area contributed by atoms with Gasteiger partial charge in [0.1, 0.15) is 5.60 Å². The molecule has 0 radical (unpaired) electrons. The highest BCUT2D eigenvalue weighted by molar-refractivity contribution is 5.80. The number of amides is 1. The van der Waals surface area contributed by atoms with Crippen LogP contribution in [-0.4, -0.2) is 65.4 Å². The third-order valence-electron chi connectivity index (χ3n) is 3.30. The Kier molecular flexibility index (Phi) is 5.63. The van der Waals surface area contributed by atoms with Gasteiger partial charge in [-0.05, 0) is 27.7 Å². The second kappa shape index (κ2) is 7.50. The molecule has 1 aromatic heterocycles. The minimum Gasteiger partial charge on any atom is -0.444 e. The van der Waals surface area contributed by atoms with Crippen LogP contribution in [0.1, 0.15) is 32.5 Å². The highest BCUT2D eigenvalue weighted by atomic mass is 16.6. The maximum absolute atomic E-state index is 11.9. The maximum Gasteiger partial charge on any atom is 0.410 e. The van der Waals surface area contributed by atoms with Crippen molar-refractivity contribution in [3.05, 3.63) is 11.7 Å². The average molecular weight is 338 g/mol. The number of aromatic nitrogens is 2. The van der Waals surface area contributed by atoms with Gasteiger partial charge in [0.25, 0.3) is 0 Å². The summed E-state index contributed by atoms with van der Waals surface area (Å²) >= 11 is 0. The van der Waals surface area contributed by atoms with E-state index >= 15 is 0 Å². The van der Waals surface area contributed by atoms with Crippen LogP contribution in [0.5, 0.6) is 0 Å². The summed E-state index contributed by atoms with van der Waals surface area (Å²) < 4.78 is 10.4. The van der Waals surface area contributed by atoms with E-state index < -0.39 is 5.60 Å². The van der Waals surface area contributed by atoms with Gasteiger partial charge in [-0.1, -0.05) is 5.16 Å². The molecule has 2 rings (SSSR count). The van der Waals surface area contributed by atoms with Crippen molar-refractivity contribution in [2.75, 3.05) is 26.7 Å². The second-order valence-corrected chi connectivity index (χ2v) is 6.71. The van der Waals surface area contributed by atoms with Gasteiger partial charge in [-0.25, -0.2) is 4.79 Å². The largest absolute Gasteiger partial charge is 0.444 e. The van der Waals surface area contributed by atoms with Crippen LogP contribution in [0.2, 0.25) is 0 Å². The van der Waals surface area contributed by atoms with Crippen LogP contribution in [0.15, 0.2) is 9.52 Å². The van der Waals surface area contributed by atoms with E-state index in [1.165, 1.54) is 0 Å². The Morgan fingerprint density at radius 2 is 2.17 bits per heavy atom. The highest BCUT2D eigenvalue weighted by Gasteiger charge is 2.34. The molecule has 9 heteroatoms. The van der Waals surface area contributed by atoms with E-state index in [2.05, 4.69) is 25.8 Å². The first-order chi connectivity index (χ1) is 11.3. The van der Waals surface area contributed by atoms with Crippen LogP contribution in [-0.2, 0) is 11.2 Å². The summed E-state index contributed by atoms with van der Waals surface area (Å²) in [4.78, 5) is 21.9. The summed E-state index contributed by atoms with van der Waals surface area (Å²) in [6.45, 7) is 9.18. The maximum atomic E-state index is 11.9. The van der Waals surface area contributed by atoms with Gasteiger partial charge in [-0.3, -0.25) is 4.99 Å². The van der Waals surface area contributed by atoms with Gasteiger partial charge in [0.2, 0.25) is 5.89 Å². The summed E-state index contributed by atoms with van der Waals surface area (Å²) in [5, 5.41) is 10.2. The minimum atomic E-state index is -0.472. The number of hydrogen-bond acceptors (Lipinski definition) is 6. The number of hydrogen-bond donors (Lipinski definition) is 2. The number of carbonyl (C=O) groups excluding carboxylic acids is 1. The Balaban J connectivity index is 1.67. The molecular weight excluding hydrogens is 312 g/mol. The van der Waals surface area contributed by atoms with Gasteiger partial charge in [0.15, 0.2) is 11.8 Å². The van der Waals surface area contributed by atoms with Crippen molar-refractivity contribution in [2.45, 2.75) is 45.8 Å². The number of aryl methyl sites for hydroxylation is 1. The number of guanidine groups is 1. The molecule has 1 aliphatic heterocycles. The van der Waals surface area contributed by atoms with E-state index in [0.29, 0.717) is 43.7 Å². The molecule has 24 heavy (non-hydrogen) atoms. The van der Waals surface area contributed by atoms with Gasteiger partial charge >= 0.3 is 6.09 Å². The van der Waals surface area contributed by atoms with Gasteiger partial charge in [-0.2, -0.15) is 4.98 Å². The molecule has 0 atom stereocenters. The molecule has 9 nitrogen and oxygen atoms in total. The number of nitrogens with zero attached hydrogens (tertiary/aromatic N) is 4. The predicted molar refractivity (Wildman–Crippen MR) is 88.8 cm³/mol. The van der Waals surface area contributed by atoms with E-state index in [1.54, 1.807) is 18.9 Å². The molecule has 0 saturated carbocycles. The zero-order valence-corrected chi connectivity index (χ0v) is 14.9. The molecule has 1 saturated heterocycles. The molecule has 0 bridgehead atoms. The zero-order chi connectivity index (χ0) is 17.7. The van der Waals surface area contributed by atoms with Gasteiger partial charge in [0, 0.05) is 33.1 Å². The van der Waals surface area contributed by atoms with Crippen molar-refractivity contribution in [1.29, 1.82) is 0 Å². The van der Waals surface area contributed by atoms with Gasteiger partial charge < -0.3 is 24.8 Å². The van der Waals surface area contributed by atoms with Crippen molar-refractivity contribution >= 4 is 12.1 Å². The van der Waals surface area contributed by atoms with Crippen molar-refractivity contribution < 1.29 is 14.1 Å². The minimum absolute atomic E-state index is 0.161. The molecule has 2 N–H and O–H groups in total. The number of carbonyl (C=O) groups is 1. The summed E-state index contributed by atoms with van der Waals surface area (Å²) in [6, 6.07) is 0.161. The van der Waals surface area contributed by atoms with Crippen molar-refractivity contribution in [3.63, 3.8) is 0 Å². The number of aliphatic imine (C=N–C) groups is 1. The van der Waals surface area contributed by atoms with Crippen molar-refractivity contribution in [1.82, 2.24) is 25.7 Å². The lowest BCUT2D eigenvalue weighted by Gasteiger charge is -2.40. The number of rotatable bonds is 4. The first-order valence-electron chi connectivity index (χ1n) is 8.01. The molecule has 134 valence electrons. The molecule has 0 spiro atoms. The summed E-state index contributed by atoms with van der Waals surface area (Å²) in [6.07, 6.45) is 0.339. The molecule has 1 amide bonds. The zero-order valence-electron chi connectivity index (χ0n) is 14.9. The molecule has 2 heterocycles. The Bertz CT molecular complexity index is 586. The highest BCUT2D eigenvalue weighted by Crippen LogP contribution is 2.15. The van der Waals surface area contributed by atoms with Crippen LogP contribution in [0.25, 0.3) is 0 Å². The second-order valence-electron chi connectivity index (χ2n) is 6.71. The first kappa shape index (κ1) is 18.0. The van der Waals surface area contributed by atoms with Crippen LogP contribution in [0.4, 0.5) is 4.79 Å². The van der Waals surface area contributed by atoms with Gasteiger partial charge in [-0.15, -0.1) is 0 Å². The van der Waals surface area contributed by atoms with E-state index in [0.717, 1.165) is 0 Å². The summed E-state index contributed by atoms with van der Waals surface area (Å²) in [7, 11) is 1.70. The van der Waals surface area contributed by atoms with Crippen LogP contribution < -0.4 is 10.6 Å². The topological polar surface area (TPSA) is 105 Å². The van der Waals surface area contributed by atoms with Crippen molar-refractivity contribution in [2.24, 2.45) is 4.99 Å². The summed E-state index contributed by atoms with van der Waals surface area (Å²) in [5.74, 6) is 1.90. The molecule has 1 aliphatic rings. The smallest absolute Gasteiger partial charge is 0.410 e. The lowest BCUT2D eigenvalue weighted by Crippen LogP contribution is -2.63. The van der Waals surface area contributed by atoms with E-state index in [9.17, 15) is 4.79 Å². The first-order valence-corrected chi connectivity index (χ1v) is 8.01. The van der Waals surface area contributed by atoms with Crippen molar-refractivity contribution in [3.8, 4) is 0 Å². The fraction of sp³-hybridized carbons (Fsp3) is 0.733. The normalized spacial score (nSPS) is 15.9. The fourth-order valence-corrected chi connectivity index (χ4v) is 2.16. The Morgan fingerprint density at radius 1 is 1.46 bits per heavy atom. The van der Waals surface area contributed by atoms with Crippen LogP contribution in [0, 0.1) is 6.92 Å². The number of ether oxygens (including phenoxy) is 1. The third-order valence-corrected chi connectivity index (χ3v) is 3.30. The summed E-state index contributed by atoms with van der Waals surface area (Å²) in [5.41, 5.74) is -0.472. The molecule has 1 fully saturated rings. The van der Waals surface area contributed by atoms with Gasteiger partial charge in [0.05, 0.1) is 6.04 Å². The SMILES string of the molecule is CN=C(NCCc1nc(C)no1)NC1CN(C(=O)OC(C)(C)C)C1. The quantitative estimate of drug-likeness (QED) is 0.615. The Hall–Kier alpha value is -2.32. The lowest BCUT2D eigenvalue weighted by atomic mass is 10.1. The van der Waals surface area contributed by atoms with E-state index in [-0.39, 0.29) is 12.1 Å². The lowest BCUT2D eigenvalue weighted by molar-refractivity contribution is 0.00701. The average Bonchev–Trinajstić information content (AvgIpc) is 2.83. The molecule has 0 unspecified atom stereocenters.